The Morgan fingerprint density at radius 3 is 1.52 bits per heavy atom. The van der Waals surface area contributed by atoms with Crippen LogP contribution in [0.15, 0.2) is 70.9 Å². The topological polar surface area (TPSA) is 82.9 Å². The third kappa shape index (κ3) is 9.11. The molecule has 0 saturated carbocycles. The first-order chi connectivity index (χ1) is 13.2. The summed E-state index contributed by atoms with van der Waals surface area (Å²) in [6.45, 7) is 0. The van der Waals surface area contributed by atoms with Gasteiger partial charge >= 0.3 is 0 Å². The first-order valence-corrected chi connectivity index (χ1v) is 8.92. The summed E-state index contributed by atoms with van der Waals surface area (Å²) in [5, 5.41) is 7.81. The maximum absolute atomic E-state index is 11.7. The van der Waals surface area contributed by atoms with Crippen LogP contribution in [-0.4, -0.2) is 24.2 Å². The van der Waals surface area contributed by atoms with E-state index in [1.54, 1.807) is 12.4 Å². The number of amides is 2. The fourth-order valence-corrected chi connectivity index (χ4v) is 2.29. The number of hydrogen-bond acceptors (Lipinski definition) is 4. The minimum Gasteiger partial charge on any atom is -0.273 e. The standard InChI is InChI=1S/C21H24N4O2/c26-20(24-22-16-14-18-8-3-1-4-9-18)12-7-13-21(27)25-23-17-15-19-10-5-2-6-11-19/h1-6,8-11,16-17H,7,12-15H2,(H,24,26)(H,25,27). The van der Waals surface area contributed by atoms with Crippen molar-refractivity contribution in [3.05, 3.63) is 71.8 Å². The summed E-state index contributed by atoms with van der Waals surface area (Å²) in [6.07, 6.45) is 5.55. The number of hydrogen-bond donors (Lipinski definition) is 2. The number of hydrazone groups is 2. The van der Waals surface area contributed by atoms with Gasteiger partial charge in [-0.3, -0.25) is 9.59 Å². The summed E-state index contributed by atoms with van der Waals surface area (Å²) in [5.74, 6) is -0.417. The molecule has 0 bridgehead atoms. The number of nitrogens with zero attached hydrogens (tertiary/aromatic N) is 2. The van der Waals surface area contributed by atoms with Crippen LogP contribution in [0.2, 0.25) is 0 Å². The zero-order valence-electron chi connectivity index (χ0n) is 15.2. The van der Waals surface area contributed by atoms with Crippen LogP contribution in [0.4, 0.5) is 0 Å². The number of carbonyl (C=O) groups excluding carboxylic acids is 2. The van der Waals surface area contributed by atoms with Crippen molar-refractivity contribution in [3.63, 3.8) is 0 Å². The van der Waals surface area contributed by atoms with E-state index >= 15 is 0 Å². The maximum Gasteiger partial charge on any atom is 0.240 e. The second-order valence-electron chi connectivity index (χ2n) is 5.93. The van der Waals surface area contributed by atoms with Crippen molar-refractivity contribution >= 4 is 24.2 Å². The third-order valence-corrected chi connectivity index (χ3v) is 3.71. The van der Waals surface area contributed by atoms with Crippen LogP contribution in [0.5, 0.6) is 0 Å². The Bertz CT molecular complexity index is 693. The Labute approximate surface area is 159 Å². The fourth-order valence-electron chi connectivity index (χ4n) is 2.29. The SMILES string of the molecule is O=C(CCCC(=O)NN=CCc1ccccc1)NN=CCc1ccccc1. The van der Waals surface area contributed by atoms with Crippen molar-refractivity contribution in [2.24, 2.45) is 10.2 Å². The van der Waals surface area contributed by atoms with Gasteiger partial charge in [0.25, 0.3) is 0 Å². The monoisotopic (exact) mass is 364 g/mol. The van der Waals surface area contributed by atoms with Crippen LogP contribution in [0.3, 0.4) is 0 Å². The predicted molar refractivity (Wildman–Crippen MR) is 107 cm³/mol. The lowest BCUT2D eigenvalue weighted by Crippen LogP contribution is -2.20. The molecule has 0 atom stereocenters. The van der Waals surface area contributed by atoms with E-state index in [0.29, 0.717) is 19.3 Å². The van der Waals surface area contributed by atoms with Crippen molar-refractivity contribution in [2.45, 2.75) is 32.1 Å². The largest absolute Gasteiger partial charge is 0.273 e. The van der Waals surface area contributed by atoms with Crippen molar-refractivity contribution in [1.29, 1.82) is 0 Å². The van der Waals surface area contributed by atoms with Crippen molar-refractivity contribution in [2.75, 3.05) is 0 Å². The molecule has 6 nitrogen and oxygen atoms in total. The quantitative estimate of drug-likeness (QED) is 0.502. The lowest BCUT2D eigenvalue weighted by Gasteiger charge is -2.01. The molecule has 0 unspecified atom stereocenters. The molecule has 2 aromatic rings. The predicted octanol–water partition coefficient (Wildman–Crippen LogP) is 2.85. The molecule has 2 amide bonds. The highest BCUT2D eigenvalue weighted by atomic mass is 16.2. The van der Waals surface area contributed by atoms with Crippen LogP contribution >= 0.6 is 0 Å². The molecule has 2 rings (SSSR count). The average molecular weight is 364 g/mol. The molecule has 2 N–H and O–H groups in total. The van der Waals surface area contributed by atoms with E-state index in [1.807, 2.05) is 60.7 Å². The average Bonchev–Trinajstić information content (AvgIpc) is 2.70. The van der Waals surface area contributed by atoms with E-state index in [0.717, 1.165) is 11.1 Å². The Hall–Kier alpha value is -3.28. The molecule has 0 aromatic heterocycles. The van der Waals surface area contributed by atoms with Gasteiger partial charge in [-0.25, -0.2) is 10.9 Å². The summed E-state index contributed by atoms with van der Waals surface area (Å²) in [6, 6.07) is 19.7. The first kappa shape index (κ1) is 20.0. The Balaban J connectivity index is 1.53. The third-order valence-electron chi connectivity index (χ3n) is 3.71. The highest BCUT2D eigenvalue weighted by Crippen LogP contribution is 1.99. The summed E-state index contributed by atoms with van der Waals surface area (Å²) < 4.78 is 0. The highest BCUT2D eigenvalue weighted by Gasteiger charge is 2.03. The number of benzene rings is 2. The molecule has 0 aliphatic heterocycles. The molecule has 0 heterocycles. The van der Waals surface area contributed by atoms with Gasteiger partial charge in [0.2, 0.25) is 11.8 Å². The van der Waals surface area contributed by atoms with Gasteiger partial charge in [0, 0.05) is 38.1 Å². The van der Waals surface area contributed by atoms with Crippen LogP contribution in [0, 0.1) is 0 Å². The number of rotatable bonds is 10. The van der Waals surface area contributed by atoms with Gasteiger partial charge in [0.1, 0.15) is 0 Å². The van der Waals surface area contributed by atoms with Gasteiger partial charge < -0.3 is 0 Å². The summed E-state index contributed by atoms with van der Waals surface area (Å²) >= 11 is 0. The van der Waals surface area contributed by atoms with Crippen LogP contribution in [-0.2, 0) is 22.4 Å². The van der Waals surface area contributed by atoms with E-state index in [1.165, 1.54) is 0 Å². The highest BCUT2D eigenvalue weighted by molar-refractivity contribution is 5.79. The van der Waals surface area contributed by atoms with Gasteiger partial charge in [-0.05, 0) is 17.5 Å². The molecule has 140 valence electrons. The maximum atomic E-state index is 11.7. The fraction of sp³-hybridized carbons (Fsp3) is 0.238. The van der Waals surface area contributed by atoms with E-state index in [9.17, 15) is 9.59 Å². The number of carbonyl (C=O) groups is 2. The van der Waals surface area contributed by atoms with Gasteiger partial charge in [-0.1, -0.05) is 60.7 Å². The molecule has 0 aliphatic rings. The zero-order valence-corrected chi connectivity index (χ0v) is 15.2. The second-order valence-corrected chi connectivity index (χ2v) is 5.93. The Morgan fingerprint density at radius 2 is 1.11 bits per heavy atom. The lowest BCUT2D eigenvalue weighted by molar-refractivity contribution is -0.122. The van der Waals surface area contributed by atoms with Gasteiger partial charge in [-0.2, -0.15) is 10.2 Å². The molecule has 27 heavy (non-hydrogen) atoms. The molecular formula is C21H24N4O2. The van der Waals surface area contributed by atoms with Crippen LogP contribution < -0.4 is 10.9 Å². The Kier molecular flexibility index (Phi) is 9.01. The summed E-state index contributed by atoms with van der Waals surface area (Å²) in [4.78, 5) is 23.3. The molecule has 2 aromatic carbocycles. The molecular weight excluding hydrogens is 340 g/mol. The smallest absolute Gasteiger partial charge is 0.240 e. The molecule has 0 spiro atoms. The van der Waals surface area contributed by atoms with Gasteiger partial charge in [0.05, 0.1) is 0 Å². The molecule has 0 radical (unpaired) electrons. The van der Waals surface area contributed by atoms with E-state index in [-0.39, 0.29) is 24.7 Å². The van der Waals surface area contributed by atoms with Crippen molar-refractivity contribution in [1.82, 2.24) is 10.9 Å². The van der Waals surface area contributed by atoms with E-state index in [4.69, 9.17) is 0 Å². The summed E-state index contributed by atoms with van der Waals surface area (Å²) in [5.41, 5.74) is 7.18. The second kappa shape index (κ2) is 12.1. The van der Waals surface area contributed by atoms with Crippen LogP contribution in [0.1, 0.15) is 30.4 Å². The minimum atomic E-state index is -0.209. The van der Waals surface area contributed by atoms with E-state index in [2.05, 4.69) is 21.1 Å². The zero-order chi connectivity index (χ0) is 19.2. The van der Waals surface area contributed by atoms with Crippen LogP contribution in [0.25, 0.3) is 0 Å². The molecule has 0 saturated heterocycles. The number of nitrogens with one attached hydrogen (secondary N) is 2. The normalized spacial score (nSPS) is 11.0. The minimum absolute atomic E-state index is 0.209. The molecule has 6 heteroatoms. The van der Waals surface area contributed by atoms with Gasteiger partial charge in [0.15, 0.2) is 0 Å². The molecule has 0 aliphatic carbocycles. The lowest BCUT2D eigenvalue weighted by atomic mass is 10.2. The first-order valence-electron chi connectivity index (χ1n) is 8.92. The Morgan fingerprint density at radius 1 is 0.704 bits per heavy atom. The van der Waals surface area contributed by atoms with Gasteiger partial charge in [-0.15, -0.1) is 0 Å². The molecule has 0 fully saturated rings. The summed E-state index contributed by atoms with van der Waals surface area (Å²) in [7, 11) is 0. The van der Waals surface area contributed by atoms with E-state index < -0.39 is 0 Å². The van der Waals surface area contributed by atoms with Crippen molar-refractivity contribution < 1.29 is 9.59 Å². The van der Waals surface area contributed by atoms with Crippen molar-refractivity contribution in [3.8, 4) is 0 Å².